The smallest absolute Gasteiger partial charge is 0.209 e. The first-order chi connectivity index (χ1) is 9.01. The van der Waals surface area contributed by atoms with Gasteiger partial charge in [-0.3, -0.25) is 0 Å². The second kappa shape index (κ2) is 4.30. The molecular weight excluding hydrogens is 262 g/mol. The van der Waals surface area contributed by atoms with Crippen LogP contribution in [0, 0.1) is 0 Å². The van der Waals surface area contributed by atoms with E-state index in [9.17, 15) is 8.42 Å². The summed E-state index contributed by atoms with van der Waals surface area (Å²) in [5.74, 6) is 0. The molecule has 2 aromatic rings. The number of nitrogens with one attached hydrogen (secondary N) is 1. The van der Waals surface area contributed by atoms with Crippen LogP contribution in [0.1, 0.15) is 23.3 Å². The Kier molecular flexibility index (Phi) is 2.85. The lowest BCUT2D eigenvalue weighted by Gasteiger charge is -2.20. The standard InChI is InChI=1S/C14H15NO3S/c1-18-14-11-8-4-6-9-5-3-7-10(12(9)11)13(14)15-19(2,16)17/h3-8,13-15H,1-2H3/t13-,14+/m1/s1. The molecular formula is C14H15NO3S. The highest BCUT2D eigenvalue weighted by Gasteiger charge is 2.35. The summed E-state index contributed by atoms with van der Waals surface area (Å²) in [6.07, 6.45) is 0.888. The maximum Gasteiger partial charge on any atom is 0.209 e. The largest absolute Gasteiger partial charge is 0.375 e. The number of hydrogen-bond acceptors (Lipinski definition) is 3. The molecule has 1 aliphatic rings. The molecule has 0 saturated heterocycles. The van der Waals surface area contributed by atoms with Crippen LogP contribution in [-0.4, -0.2) is 21.8 Å². The van der Waals surface area contributed by atoms with E-state index in [-0.39, 0.29) is 12.1 Å². The summed E-state index contributed by atoms with van der Waals surface area (Å²) in [6.45, 7) is 0. The van der Waals surface area contributed by atoms with Crippen molar-refractivity contribution < 1.29 is 13.2 Å². The minimum absolute atomic E-state index is 0.282. The summed E-state index contributed by atoms with van der Waals surface area (Å²) in [5, 5.41) is 2.20. The van der Waals surface area contributed by atoms with E-state index in [0.717, 1.165) is 21.9 Å². The quantitative estimate of drug-likeness (QED) is 0.935. The Morgan fingerprint density at radius 2 is 1.74 bits per heavy atom. The third-order valence-electron chi connectivity index (χ3n) is 3.51. The molecule has 4 nitrogen and oxygen atoms in total. The Morgan fingerprint density at radius 1 is 1.11 bits per heavy atom. The first-order valence-corrected chi connectivity index (χ1v) is 7.92. The molecule has 0 unspecified atom stereocenters. The molecule has 0 heterocycles. The van der Waals surface area contributed by atoms with Crippen LogP contribution in [-0.2, 0) is 14.8 Å². The highest BCUT2D eigenvalue weighted by molar-refractivity contribution is 7.88. The molecule has 0 bridgehead atoms. The van der Waals surface area contributed by atoms with E-state index >= 15 is 0 Å². The van der Waals surface area contributed by atoms with E-state index < -0.39 is 10.0 Å². The van der Waals surface area contributed by atoms with Gasteiger partial charge in [0.05, 0.1) is 12.3 Å². The van der Waals surface area contributed by atoms with Crippen LogP contribution in [0.2, 0.25) is 0 Å². The third kappa shape index (κ3) is 2.04. The van der Waals surface area contributed by atoms with E-state index in [4.69, 9.17) is 4.74 Å². The van der Waals surface area contributed by atoms with Crippen molar-refractivity contribution >= 4 is 20.8 Å². The van der Waals surface area contributed by atoms with Crippen LogP contribution in [0.15, 0.2) is 36.4 Å². The third-order valence-corrected chi connectivity index (χ3v) is 4.19. The van der Waals surface area contributed by atoms with Gasteiger partial charge in [-0.05, 0) is 21.9 Å². The number of sulfonamides is 1. The number of hydrogen-bond donors (Lipinski definition) is 1. The molecule has 19 heavy (non-hydrogen) atoms. The Hall–Kier alpha value is -1.43. The molecule has 0 aliphatic heterocycles. The Bertz CT molecular complexity index is 734. The predicted molar refractivity (Wildman–Crippen MR) is 74.4 cm³/mol. The van der Waals surface area contributed by atoms with E-state index in [1.54, 1.807) is 7.11 Å². The highest BCUT2D eigenvalue weighted by atomic mass is 32.2. The van der Waals surface area contributed by atoms with Crippen LogP contribution in [0.4, 0.5) is 0 Å². The average molecular weight is 277 g/mol. The SMILES string of the molecule is CO[C@H]1c2cccc3cccc(c23)[C@H]1NS(C)(=O)=O. The van der Waals surface area contributed by atoms with Crippen LogP contribution in [0.5, 0.6) is 0 Å². The zero-order valence-electron chi connectivity index (χ0n) is 10.8. The van der Waals surface area contributed by atoms with Crippen molar-refractivity contribution in [2.75, 3.05) is 13.4 Å². The first kappa shape index (κ1) is 12.6. The van der Waals surface area contributed by atoms with Crippen molar-refractivity contribution in [3.63, 3.8) is 0 Å². The summed E-state index contributed by atoms with van der Waals surface area (Å²) >= 11 is 0. The lowest BCUT2D eigenvalue weighted by Crippen LogP contribution is -2.30. The van der Waals surface area contributed by atoms with Gasteiger partial charge in [0.2, 0.25) is 10.0 Å². The minimum Gasteiger partial charge on any atom is -0.375 e. The first-order valence-electron chi connectivity index (χ1n) is 6.03. The summed E-state index contributed by atoms with van der Waals surface area (Å²) in [4.78, 5) is 0. The molecule has 5 heteroatoms. The van der Waals surface area contributed by atoms with Crippen molar-refractivity contribution in [3.05, 3.63) is 47.5 Å². The molecule has 0 saturated carbocycles. The van der Waals surface area contributed by atoms with Crippen LogP contribution in [0.25, 0.3) is 10.8 Å². The van der Waals surface area contributed by atoms with Gasteiger partial charge in [0.15, 0.2) is 0 Å². The molecule has 0 fully saturated rings. The molecule has 2 atom stereocenters. The fourth-order valence-corrected chi connectivity index (χ4v) is 3.57. The van der Waals surface area contributed by atoms with Crippen molar-refractivity contribution in [3.8, 4) is 0 Å². The van der Waals surface area contributed by atoms with Crippen molar-refractivity contribution in [2.45, 2.75) is 12.1 Å². The van der Waals surface area contributed by atoms with Crippen LogP contribution in [0.3, 0.4) is 0 Å². The van der Waals surface area contributed by atoms with Crippen molar-refractivity contribution in [2.24, 2.45) is 0 Å². The number of rotatable bonds is 3. The zero-order chi connectivity index (χ0) is 13.6. The predicted octanol–water partition coefficient (Wildman–Crippen LogP) is 2.13. The van der Waals surface area contributed by atoms with Crippen molar-refractivity contribution in [1.82, 2.24) is 4.72 Å². The van der Waals surface area contributed by atoms with Gasteiger partial charge in [0, 0.05) is 7.11 Å². The second-order valence-electron chi connectivity index (χ2n) is 4.82. The number of methoxy groups -OCH3 is 1. The Morgan fingerprint density at radius 3 is 2.32 bits per heavy atom. The molecule has 0 aromatic heterocycles. The van der Waals surface area contributed by atoms with Gasteiger partial charge in [-0.15, -0.1) is 0 Å². The molecule has 0 radical (unpaired) electrons. The summed E-state index contributed by atoms with van der Waals surface area (Å²) in [5.41, 5.74) is 2.02. The molecule has 2 aromatic carbocycles. The Labute approximate surface area is 112 Å². The lowest BCUT2D eigenvalue weighted by atomic mass is 10.1. The molecule has 0 spiro atoms. The molecule has 3 rings (SSSR count). The topological polar surface area (TPSA) is 55.4 Å². The van der Waals surface area contributed by atoms with Crippen LogP contribution < -0.4 is 4.72 Å². The van der Waals surface area contributed by atoms with Crippen molar-refractivity contribution in [1.29, 1.82) is 0 Å². The van der Waals surface area contributed by atoms with E-state index in [1.165, 1.54) is 6.26 Å². The van der Waals surface area contributed by atoms with Gasteiger partial charge in [-0.2, -0.15) is 0 Å². The van der Waals surface area contributed by atoms with E-state index in [1.807, 2.05) is 36.4 Å². The second-order valence-corrected chi connectivity index (χ2v) is 6.60. The van der Waals surface area contributed by atoms with Gasteiger partial charge >= 0.3 is 0 Å². The lowest BCUT2D eigenvalue weighted by molar-refractivity contribution is 0.0813. The fourth-order valence-electron chi connectivity index (χ4n) is 2.86. The van der Waals surface area contributed by atoms with E-state index in [2.05, 4.69) is 4.72 Å². The number of benzene rings is 2. The van der Waals surface area contributed by atoms with Gasteiger partial charge in [0.25, 0.3) is 0 Å². The Balaban J connectivity index is 2.22. The zero-order valence-corrected chi connectivity index (χ0v) is 11.6. The summed E-state index contributed by atoms with van der Waals surface area (Å²) in [7, 11) is -1.69. The van der Waals surface area contributed by atoms with Crippen LogP contribution >= 0.6 is 0 Å². The summed E-state index contributed by atoms with van der Waals surface area (Å²) < 4.78 is 31.3. The maximum absolute atomic E-state index is 11.6. The van der Waals surface area contributed by atoms with Gasteiger partial charge in [-0.1, -0.05) is 36.4 Å². The fraction of sp³-hybridized carbons (Fsp3) is 0.286. The van der Waals surface area contributed by atoms with Gasteiger partial charge in [-0.25, -0.2) is 13.1 Å². The molecule has 0 amide bonds. The molecule has 100 valence electrons. The maximum atomic E-state index is 11.6. The highest BCUT2D eigenvalue weighted by Crippen LogP contribution is 2.45. The normalized spacial score (nSPS) is 22.0. The number of ether oxygens (including phenoxy) is 1. The average Bonchev–Trinajstić information content (AvgIpc) is 2.64. The summed E-state index contributed by atoms with van der Waals surface area (Å²) in [6, 6.07) is 11.5. The van der Waals surface area contributed by atoms with E-state index in [0.29, 0.717) is 0 Å². The van der Waals surface area contributed by atoms with Gasteiger partial charge < -0.3 is 4.74 Å². The van der Waals surface area contributed by atoms with Gasteiger partial charge in [0.1, 0.15) is 6.10 Å². The minimum atomic E-state index is -3.29. The molecule has 1 N–H and O–H groups in total. The molecule has 1 aliphatic carbocycles. The monoisotopic (exact) mass is 277 g/mol.